The van der Waals surface area contributed by atoms with Crippen LogP contribution < -0.4 is 27.1 Å². The van der Waals surface area contributed by atoms with Crippen LogP contribution in [-0.4, -0.2) is 60.9 Å². The molecule has 0 N–H and O–H groups in total. The number of rotatable bonds is 20. The third-order valence-electron chi connectivity index (χ3n) is 20.0. The van der Waals surface area contributed by atoms with Crippen LogP contribution >= 0.6 is 0 Å². The first-order valence-corrected chi connectivity index (χ1v) is 40.5. The highest BCUT2D eigenvalue weighted by atomic mass is 19.1. The quantitative estimate of drug-likeness (QED) is 0.0726. The Morgan fingerprint density at radius 2 is 0.722 bits per heavy atom. The molecular weight excluding hydrogens is 1430 g/mol. The molecule has 1 saturated heterocycles. The van der Waals surface area contributed by atoms with E-state index in [0.29, 0.717) is 67.6 Å². The van der Waals surface area contributed by atoms with Crippen molar-refractivity contribution in [1.29, 1.82) is 0 Å². The zero-order valence-corrected chi connectivity index (χ0v) is 70.5. The van der Waals surface area contributed by atoms with Crippen molar-refractivity contribution in [2.75, 3.05) is 18.0 Å². The Labute approximate surface area is 681 Å². The van der Waals surface area contributed by atoms with Gasteiger partial charge >= 0.3 is 0 Å². The molecule has 0 spiro atoms. The lowest BCUT2D eigenvalue weighted by molar-refractivity contribution is 0.595. The maximum Gasteiger partial charge on any atom is 0.269 e. The number of pyridine rings is 4. The average Bonchev–Trinajstić information content (AvgIpc) is 1.47. The third kappa shape index (κ3) is 30.0. The van der Waals surface area contributed by atoms with Gasteiger partial charge in [0.05, 0.1) is 51.7 Å². The Morgan fingerprint density at radius 1 is 0.322 bits per heavy atom. The van der Waals surface area contributed by atoms with Crippen LogP contribution in [0.4, 0.5) is 10.2 Å². The SMILES string of the molecule is CC(C)c1ccc(Cn2cc(F)ccc2=O)cc1.CC(C)c1ccc(Cn2ccccc2=O)cc1.CC(C)c1ccc(Cn2cccn2)cc1.CC(C)c1ccc(Cn2ccncc2=O)cc1.CC(C)c1ccc(N2CCCC2)nc1.Cc1ccn(Cc2ccc(C(C)C)cc2)c(=O)c1.Cc1cnn(Cc2ccc(C(C)C)cc2)c1. The predicted octanol–water partition coefficient (Wildman–Crippen LogP) is 21.1. The minimum absolute atomic E-state index is 0.0421. The van der Waals surface area contributed by atoms with E-state index in [-0.39, 0.29) is 22.2 Å². The summed E-state index contributed by atoms with van der Waals surface area (Å²) in [7, 11) is 0. The summed E-state index contributed by atoms with van der Waals surface area (Å²) in [6.07, 6.45) is 22.0. The van der Waals surface area contributed by atoms with Gasteiger partial charge in [-0.05, 0) is 182 Å². The fourth-order valence-electron chi connectivity index (χ4n) is 12.5. The number of nitrogens with zero attached hydrogens (tertiary/aromatic N) is 11. The summed E-state index contributed by atoms with van der Waals surface area (Å²) in [5, 5.41) is 8.47. The molecule has 6 aromatic carbocycles. The van der Waals surface area contributed by atoms with Crippen molar-refractivity contribution >= 4 is 5.82 Å². The number of hydrogen-bond acceptors (Lipinski definition) is 9. The van der Waals surface area contributed by atoms with Gasteiger partial charge in [0.2, 0.25) is 0 Å². The standard InChI is InChI=1S/C16H19NO.C15H16FNO.C15H17NO.C14H16N2O.C14H18N2.C13H16N2.C12H18N2/c1-12(2)15-6-4-14(5-7-15)11-17-9-8-13(3)10-16(17)18;1-11(2)13-5-3-12(4-6-13)9-17-10-14(16)7-8-15(17)18;1-12(2)14-8-6-13(7-9-14)11-16-10-4-3-5-15(16)17;1-11(2)13-5-3-12(4-6-13)10-16-8-7-15-9-14(16)17;1-11(2)14-6-4-13(5-7-14)10-16-9-12(3)8-15-16;1-11(2)13-6-4-12(5-7-13)10-15-9-3-8-14-15;1-10(2)11-5-6-12(13-9-11)14-7-3-4-8-14/h4-10,12H,11H2,1-3H3;3-8,10-11H,9H2,1-2H3;3-10,12H,11H2,1-2H3;3-9,11H,10H2,1-2H3;4-9,11H,10H2,1-3H3;3-9,11H,10H2,1-2H3;5-6,9-10H,3-4,7-8H2,1-2H3. The van der Waals surface area contributed by atoms with E-state index in [9.17, 15) is 23.6 Å². The molecule has 15 nitrogen and oxygen atoms in total. The summed E-state index contributed by atoms with van der Waals surface area (Å²) < 4.78 is 23.4. The minimum Gasteiger partial charge on any atom is -0.357 e. The zero-order valence-electron chi connectivity index (χ0n) is 70.5. The summed E-state index contributed by atoms with van der Waals surface area (Å²) in [6.45, 7) is 40.9. The Kier molecular flexibility index (Phi) is 35.0. The second-order valence-electron chi connectivity index (χ2n) is 31.8. The molecule has 1 aliphatic heterocycles. The van der Waals surface area contributed by atoms with E-state index in [1.54, 1.807) is 44.3 Å². The summed E-state index contributed by atoms with van der Waals surface area (Å²) in [4.78, 5) is 57.1. The summed E-state index contributed by atoms with van der Waals surface area (Å²) >= 11 is 0. The van der Waals surface area contributed by atoms with Gasteiger partial charge in [-0.15, -0.1) is 0 Å². The first kappa shape index (κ1) is 88.9. The van der Waals surface area contributed by atoms with Crippen LogP contribution in [0.5, 0.6) is 0 Å². The van der Waals surface area contributed by atoms with Crippen LogP contribution in [0.3, 0.4) is 0 Å². The molecule has 0 atom stereocenters. The molecule has 0 saturated carbocycles. The fraction of sp³-hybridized carbons (Fsp3) is 0.333. The van der Waals surface area contributed by atoms with Gasteiger partial charge in [0.25, 0.3) is 22.2 Å². The van der Waals surface area contributed by atoms with Crippen molar-refractivity contribution < 1.29 is 4.39 Å². The monoisotopic (exact) mass is 1550 g/mol. The molecule has 8 heterocycles. The number of halogens is 1. The molecule has 115 heavy (non-hydrogen) atoms. The molecule has 0 bridgehead atoms. The molecule has 16 heteroatoms. The molecule has 0 radical (unpaired) electrons. The lowest BCUT2D eigenvalue weighted by atomic mass is 10.0. The fourth-order valence-corrected chi connectivity index (χ4v) is 12.5. The molecule has 1 aliphatic rings. The van der Waals surface area contributed by atoms with E-state index in [0.717, 1.165) is 46.7 Å². The molecule has 7 aromatic heterocycles. The second kappa shape index (κ2) is 45.3. The van der Waals surface area contributed by atoms with Gasteiger partial charge in [-0.1, -0.05) is 255 Å². The summed E-state index contributed by atoms with van der Waals surface area (Å²) in [6, 6.07) is 68.5. The van der Waals surface area contributed by atoms with Crippen LogP contribution in [0, 0.1) is 19.7 Å². The molecule has 0 unspecified atom stereocenters. The third-order valence-corrected chi connectivity index (χ3v) is 20.0. The van der Waals surface area contributed by atoms with E-state index in [1.165, 1.54) is 111 Å². The highest BCUT2D eigenvalue weighted by Crippen LogP contribution is 2.23. The number of hydrogen-bond donors (Lipinski definition) is 0. The van der Waals surface area contributed by atoms with Gasteiger partial charge in [0.15, 0.2) is 0 Å². The number of benzene rings is 6. The normalized spacial score (nSPS) is 11.6. The van der Waals surface area contributed by atoms with E-state index in [1.807, 2.05) is 95.9 Å². The lowest BCUT2D eigenvalue weighted by Gasteiger charge is -2.16. The van der Waals surface area contributed by atoms with E-state index < -0.39 is 5.82 Å². The summed E-state index contributed by atoms with van der Waals surface area (Å²) in [5.41, 5.74) is 18.4. The number of anilines is 1. The van der Waals surface area contributed by atoms with Crippen molar-refractivity contribution in [3.63, 3.8) is 0 Å². The first-order chi connectivity index (χ1) is 55.1. The van der Waals surface area contributed by atoms with Crippen LogP contribution in [0.25, 0.3) is 0 Å². The largest absolute Gasteiger partial charge is 0.357 e. The van der Waals surface area contributed by atoms with E-state index in [4.69, 9.17) is 0 Å². The molecule has 13 aromatic rings. The van der Waals surface area contributed by atoms with Crippen LogP contribution in [0.15, 0.2) is 294 Å². The molecular formula is C99H120FN11O4. The summed E-state index contributed by atoms with van der Waals surface area (Å²) in [5.74, 6) is 4.63. The van der Waals surface area contributed by atoms with Crippen molar-refractivity contribution in [3.8, 4) is 0 Å². The lowest BCUT2D eigenvalue weighted by Crippen LogP contribution is -2.19. The highest BCUT2D eigenvalue weighted by molar-refractivity contribution is 5.41. The smallest absolute Gasteiger partial charge is 0.269 e. The van der Waals surface area contributed by atoms with Crippen molar-refractivity contribution in [2.24, 2.45) is 0 Å². The van der Waals surface area contributed by atoms with Gasteiger partial charge in [-0.2, -0.15) is 10.2 Å². The number of aryl methyl sites for hydroxylation is 2. The van der Waals surface area contributed by atoms with Gasteiger partial charge in [-0.25, -0.2) is 9.37 Å². The zero-order chi connectivity index (χ0) is 82.9. The van der Waals surface area contributed by atoms with E-state index >= 15 is 0 Å². The Hall–Kier alpha value is -11.7. The van der Waals surface area contributed by atoms with Gasteiger partial charge in [-0.3, -0.25) is 33.5 Å². The minimum atomic E-state index is -0.395. The Balaban J connectivity index is 0.000000168. The van der Waals surface area contributed by atoms with Gasteiger partial charge < -0.3 is 23.2 Å². The predicted molar refractivity (Wildman–Crippen MR) is 472 cm³/mol. The van der Waals surface area contributed by atoms with E-state index in [2.05, 4.69) is 269 Å². The van der Waals surface area contributed by atoms with Crippen molar-refractivity contribution in [2.45, 2.75) is 204 Å². The Morgan fingerprint density at radius 3 is 1.10 bits per heavy atom. The maximum atomic E-state index is 13.1. The topological polar surface area (TPSA) is 153 Å². The van der Waals surface area contributed by atoms with Crippen molar-refractivity contribution in [1.82, 2.24) is 47.8 Å². The molecule has 0 aliphatic carbocycles. The highest BCUT2D eigenvalue weighted by Gasteiger charge is 2.14. The molecule has 602 valence electrons. The van der Waals surface area contributed by atoms with Crippen molar-refractivity contribution in [3.05, 3.63) is 405 Å². The van der Waals surface area contributed by atoms with Crippen LogP contribution in [0.2, 0.25) is 0 Å². The average molecular weight is 1550 g/mol. The number of aromatic nitrogens is 10. The Bertz CT molecular complexity index is 5120. The molecule has 14 rings (SSSR count). The first-order valence-electron chi connectivity index (χ1n) is 40.5. The molecule has 1 fully saturated rings. The van der Waals surface area contributed by atoms with Crippen LogP contribution in [-0.2, 0) is 39.3 Å². The second-order valence-corrected chi connectivity index (χ2v) is 31.8. The molecule has 0 amide bonds. The maximum absolute atomic E-state index is 13.1. The van der Waals surface area contributed by atoms with Gasteiger partial charge in [0, 0.05) is 87.1 Å². The van der Waals surface area contributed by atoms with Gasteiger partial charge in [0.1, 0.15) is 11.6 Å². The van der Waals surface area contributed by atoms with Crippen LogP contribution in [0.1, 0.15) is 235 Å².